The number of aromatic nitrogens is 1. The number of terminal acetylenes is 1. The number of ether oxygens (including phenoxy) is 2. The number of ketones is 1. The number of hydrogen-bond acceptors (Lipinski definition) is 7. The van der Waals surface area contributed by atoms with E-state index in [1.807, 2.05) is 6.07 Å². The van der Waals surface area contributed by atoms with E-state index >= 15 is 0 Å². The largest absolute Gasteiger partial charge is 0.378 e. The Hall–Kier alpha value is -4.70. The van der Waals surface area contributed by atoms with Crippen LogP contribution in [0.25, 0.3) is 10.9 Å². The Balaban J connectivity index is 0.00000237. The summed E-state index contributed by atoms with van der Waals surface area (Å²) in [5.74, 6) is -1.37. The molecule has 0 bridgehead atoms. The first-order valence-electron chi connectivity index (χ1n) is 13.5. The molecular weight excluding hydrogens is 540 g/mol. The summed E-state index contributed by atoms with van der Waals surface area (Å²) in [6.07, 6.45) is 9.48. The highest BCUT2D eigenvalue weighted by molar-refractivity contribution is 6.45. The van der Waals surface area contributed by atoms with E-state index < -0.39 is 17.7 Å². The molecule has 0 radical (unpaired) electrons. The number of H-pyrrole nitrogens is 1. The lowest BCUT2D eigenvalue weighted by atomic mass is 10.1. The minimum absolute atomic E-state index is 0.0971. The van der Waals surface area contributed by atoms with E-state index in [0.717, 1.165) is 0 Å². The normalized spacial score (nSPS) is 12.7. The minimum atomic E-state index is -0.650. The topological polar surface area (TPSA) is 159 Å². The summed E-state index contributed by atoms with van der Waals surface area (Å²) in [4.78, 5) is 57.4. The summed E-state index contributed by atoms with van der Waals surface area (Å²) >= 11 is 0. The first kappa shape index (κ1) is 31.8. The van der Waals surface area contributed by atoms with Crippen LogP contribution in [-0.4, -0.2) is 104 Å². The van der Waals surface area contributed by atoms with Crippen molar-refractivity contribution >= 4 is 40.2 Å². The van der Waals surface area contributed by atoms with Gasteiger partial charge >= 0.3 is 6.03 Å². The van der Waals surface area contributed by atoms with Gasteiger partial charge in [-0.3, -0.25) is 14.4 Å². The predicted molar refractivity (Wildman–Crippen MR) is 159 cm³/mol. The van der Waals surface area contributed by atoms with Gasteiger partial charge in [0.2, 0.25) is 0 Å². The van der Waals surface area contributed by atoms with Gasteiger partial charge in [0, 0.05) is 56.4 Å². The second kappa shape index (κ2) is 16.5. The molecule has 2 aromatic carbocycles. The number of Topliss-reactive ketones (excluding diaryl/α,β-unsaturated/α-hetero) is 1. The highest BCUT2D eigenvalue weighted by Gasteiger charge is 2.30. The first-order chi connectivity index (χ1) is 20.5. The molecule has 12 nitrogen and oxygen atoms in total. The molecule has 0 unspecified atom stereocenters. The molecule has 3 aromatic rings. The van der Waals surface area contributed by atoms with E-state index in [2.05, 4.69) is 28.5 Å². The van der Waals surface area contributed by atoms with Gasteiger partial charge in [0.1, 0.15) is 0 Å². The fourth-order valence-corrected chi connectivity index (χ4v) is 4.39. The van der Waals surface area contributed by atoms with Crippen molar-refractivity contribution in [1.29, 1.82) is 0 Å². The molecule has 5 N–H and O–H groups in total. The molecule has 1 aliphatic rings. The van der Waals surface area contributed by atoms with Crippen molar-refractivity contribution in [2.45, 2.75) is 0 Å². The van der Waals surface area contributed by atoms with Crippen LogP contribution in [0.5, 0.6) is 0 Å². The Morgan fingerprint density at radius 2 is 1.52 bits per heavy atom. The number of rotatable bonds is 12. The second-order valence-electron chi connectivity index (χ2n) is 9.10. The van der Waals surface area contributed by atoms with Crippen molar-refractivity contribution in [2.75, 3.05) is 71.0 Å². The number of carbonyl (C=O) groups is 4. The number of para-hydroxylation sites is 1. The Bertz CT molecular complexity index is 1360. The molecule has 222 valence electrons. The molecule has 1 fully saturated rings. The number of nitrogens with one attached hydrogen (secondary N) is 3. The lowest BCUT2D eigenvalue weighted by Crippen LogP contribution is -2.52. The van der Waals surface area contributed by atoms with Crippen molar-refractivity contribution in [3.05, 3.63) is 65.9 Å². The molecule has 1 aliphatic heterocycles. The average Bonchev–Trinajstić information content (AvgIpc) is 3.48. The number of amides is 4. The zero-order valence-electron chi connectivity index (χ0n) is 23.3. The Labute approximate surface area is 244 Å². The van der Waals surface area contributed by atoms with Crippen LogP contribution in [-0.2, 0) is 14.3 Å². The van der Waals surface area contributed by atoms with Gasteiger partial charge in [-0.25, -0.2) is 4.79 Å². The number of aromatic amines is 1. The summed E-state index contributed by atoms with van der Waals surface area (Å²) in [7, 11) is 0. The average molecular weight is 577 g/mol. The molecule has 2 heterocycles. The molecule has 0 atom stereocenters. The molecule has 0 saturated carbocycles. The quantitative estimate of drug-likeness (QED) is 0.111. The highest BCUT2D eigenvalue weighted by atomic mass is 16.5. The van der Waals surface area contributed by atoms with E-state index in [4.69, 9.17) is 15.2 Å². The van der Waals surface area contributed by atoms with Crippen LogP contribution < -0.4 is 16.4 Å². The number of anilines is 1. The Morgan fingerprint density at radius 1 is 0.857 bits per heavy atom. The highest BCUT2D eigenvalue weighted by Crippen LogP contribution is 2.26. The fraction of sp³-hybridized carbons (Fsp3) is 0.333. The number of benzene rings is 2. The van der Waals surface area contributed by atoms with Crippen LogP contribution in [0.2, 0.25) is 0 Å². The van der Waals surface area contributed by atoms with Crippen LogP contribution in [0, 0.1) is 12.8 Å². The third-order valence-corrected chi connectivity index (χ3v) is 6.44. The number of nitrogens with zero attached hydrogens (tertiary/aromatic N) is 2. The number of urea groups is 1. The van der Waals surface area contributed by atoms with Gasteiger partial charge in [-0.15, -0.1) is 12.8 Å². The van der Waals surface area contributed by atoms with Gasteiger partial charge in [0.05, 0.1) is 43.2 Å². The monoisotopic (exact) mass is 576 g/mol. The smallest absolute Gasteiger partial charge is 0.319 e. The molecule has 4 amide bonds. The van der Waals surface area contributed by atoms with Gasteiger partial charge in [0.25, 0.3) is 17.6 Å². The maximum absolute atomic E-state index is 13.2. The summed E-state index contributed by atoms with van der Waals surface area (Å²) in [5, 5.41) is 5.99. The number of piperazine rings is 1. The standard InChI is InChI=1S/C28H34N6O6.C2H2/c29-9-15-39-17-18-40-16-10-30-28(38)32-23-8-4-7-21-22(19-31-24(21)23)25(35)27(37)34-13-11-33(12-14-34)26(36)20-5-2-1-3-6-20;1-2/h1-8,19,31H,9-18,29H2,(H2,30,32,38);1-2H. The fourth-order valence-electron chi connectivity index (χ4n) is 4.39. The number of fused-ring (bicyclic) bond motifs is 1. The van der Waals surface area contributed by atoms with Gasteiger partial charge < -0.3 is 40.6 Å². The maximum Gasteiger partial charge on any atom is 0.319 e. The second-order valence-corrected chi connectivity index (χ2v) is 9.10. The van der Waals surface area contributed by atoms with Crippen molar-refractivity contribution < 1.29 is 28.7 Å². The third kappa shape index (κ3) is 8.40. The number of hydrogen-bond donors (Lipinski definition) is 4. The molecule has 1 aromatic heterocycles. The van der Waals surface area contributed by atoms with Crippen molar-refractivity contribution in [3.8, 4) is 12.8 Å². The predicted octanol–water partition coefficient (Wildman–Crippen LogP) is 1.70. The molecular formula is C30H36N6O6. The van der Waals surface area contributed by atoms with Gasteiger partial charge in [-0.1, -0.05) is 30.3 Å². The lowest BCUT2D eigenvalue weighted by Gasteiger charge is -2.34. The molecule has 0 aliphatic carbocycles. The summed E-state index contributed by atoms with van der Waals surface area (Å²) in [6, 6.07) is 13.6. The zero-order valence-corrected chi connectivity index (χ0v) is 23.3. The molecule has 12 heteroatoms. The SMILES string of the molecule is C#C.NCCOCCOCCNC(=O)Nc1cccc2c(C(=O)C(=O)N3CCN(C(=O)c4ccccc4)CC3)c[nH]c12. The van der Waals surface area contributed by atoms with Crippen LogP contribution in [0.3, 0.4) is 0 Å². The van der Waals surface area contributed by atoms with E-state index in [-0.39, 0.29) is 24.6 Å². The minimum Gasteiger partial charge on any atom is -0.378 e. The van der Waals surface area contributed by atoms with Crippen LogP contribution in [0.4, 0.5) is 10.5 Å². The third-order valence-electron chi connectivity index (χ3n) is 6.44. The van der Waals surface area contributed by atoms with Crippen molar-refractivity contribution in [3.63, 3.8) is 0 Å². The van der Waals surface area contributed by atoms with E-state index in [1.54, 1.807) is 47.4 Å². The van der Waals surface area contributed by atoms with E-state index in [0.29, 0.717) is 74.8 Å². The van der Waals surface area contributed by atoms with Crippen LogP contribution in [0.15, 0.2) is 54.7 Å². The Kier molecular flexibility index (Phi) is 12.5. The molecule has 4 rings (SSSR count). The Morgan fingerprint density at radius 3 is 2.21 bits per heavy atom. The molecule has 0 spiro atoms. The van der Waals surface area contributed by atoms with E-state index in [9.17, 15) is 19.2 Å². The van der Waals surface area contributed by atoms with Crippen molar-refractivity contribution in [1.82, 2.24) is 20.1 Å². The number of carbonyl (C=O) groups excluding carboxylic acids is 4. The zero-order chi connectivity index (χ0) is 30.3. The molecule has 1 saturated heterocycles. The summed E-state index contributed by atoms with van der Waals surface area (Å²) < 4.78 is 10.6. The van der Waals surface area contributed by atoms with Gasteiger partial charge in [-0.05, 0) is 18.2 Å². The van der Waals surface area contributed by atoms with Crippen LogP contribution >= 0.6 is 0 Å². The maximum atomic E-state index is 13.2. The van der Waals surface area contributed by atoms with Gasteiger partial charge in [0.15, 0.2) is 0 Å². The first-order valence-corrected chi connectivity index (χ1v) is 13.5. The summed E-state index contributed by atoms with van der Waals surface area (Å²) in [5.41, 5.74) is 7.15. The summed E-state index contributed by atoms with van der Waals surface area (Å²) in [6.45, 7) is 3.61. The van der Waals surface area contributed by atoms with Crippen LogP contribution in [0.1, 0.15) is 20.7 Å². The lowest BCUT2D eigenvalue weighted by molar-refractivity contribution is -0.127. The van der Waals surface area contributed by atoms with Gasteiger partial charge in [-0.2, -0.15) is 0 Å². The molecule has 42 heavy (non-hydrogen) atoms. The van der Waals surface area contributed by atoms with Crippen molar-refractivity contribution in [2.24, 2.45) is 5.73 Å². The number of nitrogens with two attached hydrogens (primary N) is 1. The van der Waals surface area contributed by atoms with E-state index in [1.165, 1.54) is 11.1 Å².